The number of carbonyl (C=O) groups is 1. The Morgan fingerprint density at radius 3 is 2.33 bits per heavy atom. The standard InChI is InChI=1S/C26H34N2O4.C6H3Cl/c1-17(2)32-24-14-19-16-28(25(29)15-18(19)13-23(24)31-4)22-7-5-20(6-8-22)26(3,30)21-9-11-27-12-10-21;7-6-4-2-1-3-5-6/h5-8,13-14,17,21,27,30H,9-12,15-16H2,1-4H3;2,4-5H. The number of fused-ring (bicyclic) bond motifs is 1. The first kappa shape index (κ1) is 28.8. The molecular weight excluding hydrogens is 512 g/mol. The largest absolute Gasteiger partial charge is 0.493 e. The quantitative estimate of drug-likeness (QED) is 0.412. The van der Waals surface area contributed by atoms with Crippen LogP contribution in [0.4, 0.5) is 5.69 Å². The number of amides is 1. The van der Waals surface area contributed by atoms with Gasteiger partial charge in [-0.15, -0.1) is 0 Å². The van der Waals surface area contributed by atoms with Crippen molar-refractivity contribution in [1.29, 1.82) is 0 Å². The predicted octanol–water partition coefficient (Wildman–Crippen LogP) is 5.72. The van der Waals surface area contributed by atoms with Crippen molar-refractivity contribution in [1.82, 2.24) is 5.32 Å². The second-order valence-electron chi connectivity index (χ2n) is 10.5. The van der Waals surface area contributed by atoms with E-state index in [9.17, 15) is 9.90 Å². The number of aliphatic hydroxyl groups is 1. The van der Waals surface area contributed by atoms with Crippen LogP contribution in [0.2, 0.25) is 5.02 Å². The summed E-state index contributed by atoms with van der Waals surface area (Å²) < 4.78 is 11.4. The van der Waals surface area contributed by atoms with Crippen molar-refractivity contribution in [2.45, 2.75) is 58.3 Å². The molecule has 2 aliphatic heterocycles. The molecule has 0 spiro atoms. The maximum Gasteiger partial charge on any atom is 0.231 e. The maximum absolute atomic E-state index is 12.9. The number of hydrogen-bond acceptors (Lipinski definition) is 5. The molecule has 0 aromatic heterocycles. The second kappa shape index (κ2) is 12.7. The molecule has 3 aromatic carbocycles. The molecule has 39 heavy (non-hydrogen) atoms. The van der Waals surface area contributed by atoms with E-state index < -0.39 is 5.60 Å². The van der Waals surface area contributed by atoms with E-state index in [4.69, 9.17) is 21.1 Å². The van der Waals surface area contributed by atoms with E-state index in [-0.39, 0.29) is 17.9 Å². The number of piperidine rings is 1. The topological polar surface area (TPSA) is 71.0 Å². The summed E-state index contributed by atoms with van der Waals surface area (Å²) in [5, 5.41) is 15.3. The van der Waals surface area contributed by atoms with Crippen LogP contribution in [0.25, 0.3) is 0 Å². The van der Waals surface area contributed by atoms with E-state index in [1.807, 2.05) is 57.2 Å². The number of anilines is 1. The molecule has 6 nitrogen and oxygen atoms in total. The third-order valence-electron chi connectivity index (χ3n) is 7.34. The van der Waals surface area contributed by atoms with Gasteiger partial charge in [-0.25, -0.2) is 0 Å². The summed E-state index contributed by atoms with van der Waals surface area (Å²) in [5.74, 6) is 1.63. The predicted molar refractivity (Wildman–Crippen MR) is 154 cm³/mol. The molecule has 0 bridgehead atoms. The first-order valence-corrected chi connectivity index (χ1v) is 13.8. The van der Waals surface area contributed by atoms with Gasteiger partial charge in [0.25, 0.3) is 0 Å². The highest BCUT2D eigenvalue weighted by molar-refractivity contribution is 6.30. The first-order valence-electron chi connectivity index (χ1n) is 13.4. The van der Waals surface area contributed by atoms with E-state index in [1.54, 1.807) is 30.2 Å². The molecule has 7 heteroatoms. The van der Waals surface area contributed by atoms with Gasteiger partial charge in [0.2, 0.25) is 5.91 Å². The van der Waals surface area contributed by atoms with Gasteiger partial charge in [0.15, 0.2) is 11.5 Å². The Labute approximate surface area is 236 Å². The van der Waals surface area contributed by atoms with Crippen LogP contribution in [0.15, 0.2) is 54.6 Å². The van der Waals surface area contributed by atoms with Gasteiger partial charge in [0.1, 0.15) is 0 Å². The zero-order chi connectivity index (χ0) is 28.0. The summed E-state index contributed by atoms with van der Waals surface area (Å²) in [6.07, 6.45) is 2.27. The van der Waals surface area contributed by atoms with E-state index >= 15 is 0 Å². The van der Waals surface area contributed by atoms with Crippen molar-refractivity contribution >= 4 is 23.2 Å². The normalized spacial score (nSPS) is 16.9. The molecule has 1 atom stereocenters. The Kier molecular flexibility index (Phi) is 9.40. The molecule has 2 aliphatic rings. The van der Waals surface area contributed by atoms with E-state index in [0.717, 1.165) is 48.3 Å². The van der Waals surface area contributed by atoms with Crippen molar-refractivity contribution in [2.24, 2.45) is 5.92 Å². The lowest BCUT2D eigenvalue weighted by Crippen LogP contribution is -2.40. The number of rotatable bonds is 6. The van der Waals surface area contributed by atoms with Crippen molar-refractivity contribution in [3.05, 3.63) is 88.4 Å². The molecule has 5 rings (SSSR count). The second-order valence-corrected chi connectivity index (χ2v) is 10.9. The van der Waals surface area contributed by atoms with E-state index in [2.05, 4.69) is 17.4 Å². The Morgan fingerprint density at radius 1 is 1.08 bits per heavy atom. The molecule has 1 saturated heterocycles. The van der Waals surface area contributed by atoms with Crippen LogP contribution in [0.3, 0.4) is 0 Å². The van der Waals surface area contributed by atoms with Crippen LogP contribution >= 0.6 is 11.6 Å². The molecule has 206 valence electrons. The Hall–Kier alpha value is -3.24. The summed E-state index contributed by atoms with van der Waals surface area (Å²) in [7, 11) is 1.62. The van der Waals surface area contributed by atoms with Crippen molar-refractivity contribution < 1.29 is 19.4 Å². The van der Waals surface area contributed by atoms with Crippen molar-refractivity contribution in [2.75, 3.05) is 25.1 Å². The molecule has 1 fully saturated rings. The van der Waals surface area contributed by atoms with Gasteiger partial charge >= 0.3 is 0 Å². The average Bonchev–Trinajstić information content (AvgIpc) is 2.93. The van der Waals surface area contributed by atoms with Crippen LogP contribution < -0.4 is 19.7 Å². The van der Waals surface area contributed by atoms with Crippen molar-refractivity contribution in [3.8, 4) is 11.5 Å². The third kappa shape index (κ3) is 7.05. The lowest BCUT2D eigenvalue weighted by Gasteiger charge is -2.36. The highest BCUT2D eigenvalue weighted by Gasteiger charge is 2.34. The minimum Gasteiger partial charge on any atom is -0.493 e. The monoisotopic (exact) mass is 548 g/mol. The van der Waals surface area contributed by atoms with Gasteiger partial charge in [-0.1, -0.05) is 35.9 Å². The molecular formula is C32H37ClN2O4. The summed E-state index contributed by atoms with van der Waals surface area (Å²) >= 11 is 5.49. The van der Waals surface area contributed by atoms with E-state index in [0.29, 0.717) is 29.5 Å². The zero-order valence-corrected chi connectivity index (χ0v) is 23.8. The minimum atomic E-state index is -0.876. The lowest BCUT2D eigenvalue weighted by molar-refractivity contribution is -0.118. The van der Waals surface area contributed by atoms with Crippen LogP contribution in [-0.4, -0.2) is 37.3 Å². The zero-order valence-electron chi connectivity index (χ0n) is 23.1. The lowest BCUT2D eigenvalue weighted by atomic mass is 9.78. The molecule has 0 saturated carbocycles. The van der Waals surface area contributed by atoms with Gasteiger partial charge in [-0.2, -0.15) is 0 Å². The average molecular weight is 549 g/mol. The molecule has 0 radical (unpaired) electrons. The highest BCUT2D eigenvalue weighted by atomic mass is 35.5. The molecule has 2 N–H and O–H groups in total. The summed E-state index contributed by atoms with van der Waals surface area (Å²) in [5.41, 5.74) is 2.90. The minimum absolute atomic E-state index is 0.0311. The Bertz CT molecular complexity index is 1240. The van der Waals surface area contributed by atoms with Gasteiger partial charge in [0.05, 0.1) is 31.8 Å². The first-order chi connectivity index (χ1) is 18.7. The number of carbonyl (C=O) groups excluding carboxylic acids is 1. The number of nitrogens with zero attached hydrogens (tertiary/aromatic N) is 1. The smallest absolute Gasteiger partial charge is 0.231 e. The number of methoxy groups -OCH3 is 1. The van der Waals surface area contributed by atoms with Crippen LogP contribution in [0.1, 0.15) is 50.3 Å². The number of nitrogens with one attached hydrogen (secondary N) is 1. The van der Waals surface area contributed by atoms with Crippen LogP contribution in [-0.2, 0) is 23.4 Å². The summed E-state index contributed by atoms with van der Waals surface area (Å²) in [6.45, 7) is 8.23. The van der Waals surface area contributed by atoms with Crippen molar-refractivity contribution in [3.63, 3.8) is 0 Å². The maximum atomic E-state index is 12.9. The number of hydrogen-bond donors (Lipinski definition) is 2. The number of ether oxygens (including phenoxy) is 2. The fourth-order valence-corrected chi connectivity index (χ4v) is 5.26. The summed E-state index contributed by atoms with van der Waals surface area (Å²) in [6, 6.07) is 22.3. The Morgan fingerprint density at radius 2 is 1.77 bits per heavy atom. The van der Waals surface area contributed by atoms with Crippen LogP contribution in [0.5, 0.6) is 11.5 Å². The van der Waals surface area contributed by atoms with Crippen LogP contribution in [0, 0.1) is 18.1 Å². The number of benzene rings is 2. The molecule has 2 heterocycles. The fourth-order valence-electron chi connectivity index (χ4n) is 5.14. The van der Waals surface area contributed by atoms with Gasteiger partial charge in [-0.05, 0) is 106 Å². The molecule has 1 amide bonds. The Balaban J connectivity index is 0.000000438. The SMILES string of the molecule is COc1cc2c(cc1OC(C)C)CN(c1ccc(C(C)(O)C3CCNCC3)cc1)C(=O)C2.Clc1cc#ccc1. The summed E-state index contributed by atoms with van der Waals surface area (Å²) in [4.78, 5) is 14.7. The number of halogens is 1. The molecule has 0 aliphatic carbocycles. The van der Waals surface area contributed by atoms with Gasteiger partial charge in [0, 0.05) is 16.8 Å². The van der Waals surface area contributed by atoms with E-state index in [1.165, 1.54) is 0 Å². The van der Waals surface area contributed by atoms with Gasteiger partial charge in [-0.3, -0.25) is 4.79 Å². The molecule has 1 unspecified atom stereocenters. The highest BCUT2D eigenvalue weighted by Crippen LogP contribution is 2.38. The van der Waals surface area contributed by atoms with Gasteiger partial charge < -0.3 is 24.8 Å². The third-order valence-corrected chi connectivity index (χ3v) is 7.57. The fraction of sp³-hybridized carbons (Fsp3) is 0.406. The molecule has 3 aromatic rings.